The van der Waals surface area contributed by atoms with Crippen molar-refractivity contribution in [3.8, 4) is 0 Å². The highest BCUT2D eigenvalue weighted by Gasteiger charge is 2.29. The van der Waals surface area contributed by atoms with E-state index in [4.69, 9.17) is 11.6 Å². The van der Waals surface area contributed by atoms with E-state index in [1.165, 1.54) is 15.6 Å². The zero-order chi connectivity index (χ0) is 15.8. The van der Waals surface area contributed by atoms with Gasteiger partial charge in [-0.25, -0.2) is 8.42 Å². The molecule has 3 nitrogen and oxygen atoms in total. The highest BCUT2D eigenvalue weighted by molar-refractivity contribution is 9.11. The second-order valence-corrected chi connectivity index (χ2v) is 9.74. The van der Waals surface area contributed by atoms with Crippen LogP contribution in [0.15, 0.2) is 38.3 Å². The summed E-state index contributed by atoms with van der Waals surface area (Å²) in [7, 11) is -1.97. The van der Waals surface area contributed by atoms with E-state index in [2.05, 4.69) is 15.9 Å². The van der Waals surface area contributed by atoms with Crippen LogP contribution in [0.25, 0.3) is 0 Å². The summed E-state index contributed by atoms with van der Waals surface area (Å²) in [6.45, 7) is 3.70. The predicted octanol–water partition coefficient (Wildman–Crippen LogP) is 4.85. The van der Waals surface area contributed by atoms with Crippen molar-refractivity contribution in [1.29, 1.82) is 0 Å². The van der Waals surface area contributed by atoms with Gasteiger partial charge in [0.05, 0.1) is 3.79 Å². The summed E-state index contributed by atoms with van der Waals surface area (Å²) in [6.07, 6.45) is 0. The van der Waals surface area contributed by atoms with Gasteiger partial charge in [-0.2, -0.15) is 4.31 Å². The van der Waals surface area contributed by atoms with Gasteiger partial charge >= 0.3 is 0 Å². The van der Waals surface area contributed by atoms with E-state index < -0.39 is 10.0 Å². The van der Waals surface area contributed by atoms with E-state index in [-0.39, 0.29) is 6.04 Å². The van der Waals surface area contributed by atoms with E-state index in [9.17, 15) is 8.42 Å². The van der Waals surface area contributed by atoms with Gasteiger partial charge in [0.2, 0.25) is 0 Å². The Hall–Kier alpha value is -0.400. The quantitative estimate of drug-likeness (QED) is 0.725. The van der Waals surface area contributed by atoms with Crippen LogP contribution < -0.4 is 0 Å². The molecule has 1 atom stereocenters. The van der Waals surface area contributed by atoms with Gasteiger partial charge in [-0.15, -0.1) is 11.3 Å². The average molecular weight is 409 g/mol. The Labute approximate surface area is 142 Å². The summed E-state index contributed by atoms with van der Waals surface area (Å²) in [5.74, 6) is 0. The minimum atomic E-state index is -3.54. The second kappa shape index (κ2) is 6.38. The third-order valence-corrected chi connectivity index (χ3v) is 8.23. The van der Waals surface area contributed by atoms with Crippen molar-refractivity contribution >= 4 is 48.9 Å². The fraction of sp³-hybridized carbons (Fsp3) is 0.286. The van der Waals surface area contributed by atoms with Crippen molar-refractivity contribution in [2.75, 3.05) is 7.05 Å². The zero-order valence-electron chi connectivity index (χ0n) is 11.8. The molecule has 1 unspecified atom stereocenters. The smallest absolute Gasteiger partial charge is 0.206 e. The lowest BCUT2D eigenvalue weighted by atomic mass is 10.1. The molecule has 0 bridgehead atoms. The number of benzene rings is 1. The third kappa shape index (κ3) is 3.35. The van der Waals surface area contributed by atoms with Crippen molar-refractivity contribution in [3.05, 3.63) is 50.3 Å². The molecule has 1 heterocycles. The first-order chi connectivity index (χ1) is 9.75. The lowest BCUT2D eigenvalue weighted by molar-refractivity contribution is 0.399. The molecule has 0 spiro atoms. The Kier molecular flexibility index (Phi) is 5.15. The van der Waals surface area contributed by atoms with Gasteiger partial charge in [0.15, 0.2) is 0 Å². The summed E-state index contributed by atoms with van der Waals surface area (Å²) in [5.41, 5.74) is 1.70. The van der Waals surface area contributed by atoms with Crippen LogP contribution in [0.2, 0.25) is 5.02 Å². The van der Waals surface area contributed by atoms with Crippen molar-refractivity contribution in [3.63, 3.8) is 0 Å². The molecule has 0 aliphatic heterocycles. The second-order valence-electron chi connectivity index (χ2n) is 4.74. The number of rotatable bonds is 4. The molecule has 114 valence electrons. The largest absolute Gasteiger partial charge is 0.252 e. The van der Waals surface area contributed by atoms with E-state index in [0.717, 1.165) is 14.9 Å². The van der Waals surface area contributed by atoms with Gasteiger partial charge in [0.25, 0.3) is 10.0 Å². The molecule has 0 fully saturated rings. The molecule has 21 heavy (non-hydrogen) atoms. The number of nitrogens with zero attached hydrogens (tertiary/aromatic N) is 1. The molecular formula is C14H15BrClNO2S2. The molecule has 2 aromatic rings. The Bertz CT molecular complexity index is 739. The van der Waals surface area contributed by atoms with Crippen molar-refractivity contribution in [2.24, 2.45) is 0 Å². The van der Waals surface area contributed by atoms with E-state index in [1.54, 1.807) is 19.2 Å². The number of halogens is 2. The number of sulfonamides is 1. The van der Waals surface area contributed by atoms with Crippen molar-refractivity contribution in [1.82, 2.24) is 4.31 Å². The molecule has 0 saturated carbocycles. The fourth-order valence-corrected chi connectivity index (χ4v) is 5.97. The Morgan fingerprint density at radius 3 is 2.48 bits per heavy atom. The molecule has 0 amide bonds. The first-order valence-electron chi connectivity index (χ1n) is 6.23. The zero-order valence-corrected chi connectivity index (χ0v) is 15.8. The SMILES string of the molecule is Cc1cc(S(=O)(=O)N(C)C(C)c2ccccc2Cl)sc1Br. The molecule has 0 radical (unpaired) electrons. The van der Waals surface area contributed by atoms with E-state index in [1.807, 2.05) is 32.0 Å². The fourth-order valence-electron chi connectivity index (χ4n) is 1.92. The van der Waals surface area contributed by atoms with Gasteiger partial charge < -0.3 is 0 Å². The minimum Gasteiger partial charge on any atom is -0.206 e. The average Bonchev–Trinajstić information content (AvgIpc) is 2.78. The first-order valence-corrected chi connectivity index (χ1v) is 9.66. The summed E-state index contributed by atoms with van der Waals surface area (Å²) in [5, 5.41) is 0.565. The normalized spacial score (nSPS) is 13.6. The topological polar surface area (TPSA) is 37.4 Å². The highest BCUT2D eigenvalue weighted by Crippen LogP contribution is 2.35. The van der Waals surface area contributed by atoms with E-state index in [0.29, 0.717) is 9.23 Å². The number of thiophene rings is 1. The molecule has 1 aromatic heterocycles. The molecular weight excluding hydrogens is 394 g/mol. The lowest BCUT2D eigenvalue weighted by Crippen LogP contribution is -2.29. The van der Waals surface area contributed by atoms with Gasteiger partial charge in [0.1, 0.15) is 4.21 Å². The third-order valence-electron chi connectivity index (χ3n) is 3.37. The van der Waals surface area contributed by atoms with Crippen molar-refractivity contribution in [2.45, 2.75) is 24.1 Å². The Morgan fingerprint density at radius 1 is 1.33 bits per heavy atom. The molecule has 2 rings (SSSR count). The van der Waals surface area contributed by atoms with Gasteiger partial charge in [0, 0.05) is 18.1 Å². The van der Waals surface area contributed by atoms with Crippen LogP contribution in [0.4, 0.5) is 0 Å². The van der Waals surface area contributed by atoms with Crippen molar-refractivity contribution < 1.29 is 8.42 Å². The summed E-state index contributed by atoms with van der Waals surface area (Å²) in [6, 6.07) is 8.62. The summed E-state index contributed by atoms with van der Waals surface area (Å²) >= 11 is 10.7. The highest BCUT2D eigenvalue weighted by atomic mass is 79.9. The maximum absolute atomic E-state index is 12.7. The molecule has 0 aliphatic rings. The van der Waals surface area contributed by atoms with Gasteiger partial charge in [-0.3, -0.25) is 0 Å². The van der Waals surface area contributed by atoms with E-state index >= 15 is 0 Å². The number of hydrogen-bond donors (Lipinski definition) is 0. The van der Waals surface area contributed by atoms with Crippen LogP contribution >= 0.6 is 38.9 Å². The maximum atomic E-state index is 12.7. The van der Waals surface area contributed by atoms with Crippen LogP contribution in [0.3, 0.4) is 0 Å². The summed E-state index contributed by atoms with van der Waals surface area (Å²) in [4.78, 5) is 0. The first kappa shape index (κ1) is 17.0. The minimum absolute atomic E-state index is 0.327. The lowest BCUT2D eigenvalue weighted by Gasteiger charge is -2.24. The molecule has 0 aliphatic carbocycles. The molecule has 0 saturated heterocycles. The van der Waals surface area contributed by atoms with Crippen LogP contribution in [-0.4, -0.2) is 19.8 Å². The summed E-state index contributed by atoms with van der Waals surface area (Å²) < 4.78 is 27.9. The standard InChI is InChI=1S/C14H15BrClNO2S2/c1-9-8-13(20-14(9)15)21(18,19)17(3)10(2)11-6-4-5-7-12(11)16/h4-8,10H,1-3H3. The van der Waals surface area contributed by atoms with Crippen LogP contribution in [0.5, 0.6) is 0 Å². The molecule has 1 aromatic carbocycles. The molecule has 0 N–H and O–H groups in total. The van der Waals surface area contributed by atoms with Gasteiger partial charge in [-0.1, -0.05) is 29.8 Å². The van der Waals surface area contributed by atoms with Crippen LogP contribution in [0.1, 0.15) is 24.1 Å². The van der Waals surface area contributed by atoms with Gasteiger partial charge in [-0.05, 0) is 53.0 Å². The number of aryl methyl sites for hydroxylation is 1. The maximum Gasteiger partial charge on any atom is 0.252 e. The van der Waals surface area contributed by atoms with Crippen LogP contribution in [-0.2, 0) is 10.0 Å². The Morgan fingerprint density at radius 2 is 1.95 bits per heavy atom. The Balaban J connectivity index is 2.38. The molecule has 7 heteroatoms. The van der Waals surface area contributed by atoms with Crippen LogP contribution in [0, 0.1) is 6.92 Å². The number of hydrogen-bond acceptors (Lipinski definition) is 3. The predicted molar refractivity (Wildman–Crippen MR) is 91.6 cm³/mol. The monoisotopic (exact) mass is 407 g/mol.